The molecule has 1 heterocycles. The van der Waals surface area contributed by atoms with Crippen LogP contribution in [0, 0.1) is 0 Å². The summed E-state index contributed by atoms with van der Waals surface area (Å²) in [6.45, 7) is 5.39. The third-order valence-electron chi connectivity index (χ3n) is 3.15. The first kappa shape index (κ1) is 19.9. The molecule has 0 aliphatic carbocycles. The molecule has 134 valence electrons. The largest absolute Gasteiger partial charge is 0.416 e. The first-order chi connectivity index (χ1) is 11.0. The van der Waals surface area contributed by atoms with Crippen molar-refractivity contribution in [2.75, 3.05) is 5.73 Å². The molecule has 1 atom stereocenters. The van der Waals surface area contributed by atoms with Gasteiger partial charge in [-0.05, 0) is 24.6 Å². The molecule has 1 aromatic heterocycles. The van der Waals surface area contributed by atoms with E-state index in [4.69, 9.17) is 5.73 Å². The number of halogens is 6. The monoisotopic (exact) mass is 353 g/mol. The summed E-state index contributed by atoms with van der Waals surface area (Å²) in [4.78, 5) is 0. The normalized spacial score (nSPS) is 13.2. The summed E-state index contributed by atoms with van der Waals surface area (Å²) < 4.78 is 78.2. The van der Waals surface area contributed by atoms with Crippen molar-refractivity contribution >= 4 is 5.69 Å². The van der Waals surface area contributed by atoms with Crippen LogP contribution in [0.2, 0.25) is 0 Å². The molecule has 0 aliphatic heterocycles. The van der Waals surface area contributed by atoms with Gasteiger partial charge >= 0.3 is 12.4 Å². The smallest absolute Gasteiger partial charge is 0.396 e. The summed E-state index contributed by atoms with van der Waals surface area (Å²) in [7, 11) is 0. The second-order valence-corrected chi connectivity index (χ2v) is 4.73. The van der Waals surface area contributed by atoms with Crippen LogP contribution in [0.25, 0.3) is 0 Å². The van der Waals surface area contributed by atoms with Crippen molar-refractivity contribution in [2.45, 2.75) is 39.2 Å². The van der Waals surface area contributed by atoms with E-state index < -0.39 is 29.5 Å². The summed E-state index contributed by atoms with van der Waals surface area (Å²) >= 11 is 0. The fourth-order valence-electron chi connectivity index (χ4n) is 2.05. The molecule has 0 fully saturated rings. The average Bonchev–Trinajstić information content (AvgIpc) is 2.93. The van der Waals surface area contributed by atoms with Crippen LogP contribution in [-0.4, -0.2) is 9.78 Å². The Labute approximate surface area is 135 Å². The van der Waals surface area contributed by atoms with Gasteiger partial charge in [-0.15, -0.1) is 0 Å². The number of alkyl halides is 6. The number of benzene rings is 1. The fourth-order valence-corrected chi connectivity index (χ4v) is 2.05. The summed E-state index contributed by atoms with van der Waals surface area (Å²) in [5, 5.41) is 3.79. The lowest BCUT2D eigenvalue weighted by atomic mass is 9.98. The Bertz CT molecular complexity index is 673. The Morgan fingerprint density at radius 2 is 1.62 bits per heavy atom. The summed E-state index contributed by atoms with van der Waals surface area (Å²) in [6.07, 6.45) is -7.21. The van der Waals surface area contributed by atoms with Crippen LogP contribution in [0.15, 0.2) is 30.6 Å². The molecule has 1 unspecified atom stereocenters. The first-order valence-corrected chi connectivity index (χ1v) is 7.08. The number of aromatic nitrogens is 2. The Morgan fingerprint density at radius 1 is 1.04 bits per heavy atom. The quantitative estimate of drug-likeness (QED) is 0.760. The second-order valence-electron chi connectivity index (χ2n) is 4.73. The molecule has 2 aromatic rings. The lowest BCUT2D eigenvalue weighted by Gasteiger charge is -2.20. The van der Waals surface area contributed by atoms with E-state index in [-0.39, 0.29) is 17.3 Å². The predicted octanol–water partition coefficient (Wildman–Crippen LogP) is 5.14. The van der Waals surface area contributed by atoms with Gasteiger partial charge in [0.2, 0.25) is 0 Å². The van der Waals surface area contributed by atoms with E-state index in [1.807, 2.05) is 13.8 Å². The molecule has 0 amide bonds. The molecule has 0 saturated heterocycles. The zero-order valence-corrected chi connectivity index (χ0v) is 13.2. The second kappa shape index (κ2) is 7.14. The highest BCUT2D eigenvalue weighted by Gasteiger charge is 2.39. The van der Waals surface area contributed by atoms with Crippen molar-refractivity contribution in [3.05, 3.63) is 47.3 Å². The highest BCUT2D eigenvalue weighted by Crippen LogP contribution is 2.39. The van der Waals surface area contributed by atoms with Crippen molar-refractivity contribution in [1.82, 2.24) is 9.78 Å². The van der Waals surface area contributed by atoms with Gasteiger partial charge in [-0.2, -0.15) is 31.4 Å². The maximum Gasteiger partial charge on any atom is 0.416 e. The Morgan fingerprint density at radius 3 is 2.04 bits per heavy atom. The van der Waals surface area contributed by atoms with Crippen LogP contribution in [0.1, 0.15) is 43.5 Å². The first-order valence-electron chi connectivity index (χ1n) is 7.08. The molecule has 0 saturated carbocycles. The number of rotatable bonds is 2. The molecule has 1 aromatic carbocycles. The molecule has 9 heteroatoms. The maximum absolute atomic E-state index is 13.1. The summed E-state index contributed by atoms with van der Waals surface area (Å²) in [5.74, 6) is 0. The van der Waals surface area contributed by atoms with Crippen molar-refractivity contribution in [3.63, 3.8) is 0 Å². The van der Waals surface area contributed by atoms with E-state index in [2.05, 4.69) is 5.10 Å². The summed E-state index contributed by atoms with van der Waals surface area (Å²) in [5.41, 5.74) is 2.68. The van der Waals surface area contributed by atoms with E-state index in [1.165, 1.54) is 19.3 Å². The third-order valence-corrected chi connectivity index (χ3v) is 3.15. The van der Waals surface area contributed by atoms with Crippen LogP contribution in [0.3, 0.4) is 0 Å². The molecule has 0 bridgehead atoms. The molecule has 2 rings (SSSR count). The van der Waals surface area contributed by atoms with Gasteiger partial charge in [0.25, 0.3) is 0 Å². The van der Waals surface area contributed by atoms with E-state index >= 15 is 0 Å². The Kier molecular flexibility index (Phi) is 5.91. The number of nitrogen functional groups attached to an aromatic ring is 1. The average molecular weight is 353 g/mol. The minimum atomic E-state index is -4.91. The minimum absolute atomic E-state index is 0.110. The SMILES string of the molecule is CC.CC(c1ccc(C(F)(F)F)cc1C(F)(F)F)n1cc(N)cn1. The molecule has 0 spiro atoms. The van der Waals surface area contributed by atoms with Gasteiger partial charge in [-0.25, -0.2) is 0 Å². The lowest BCUT2D eigenvalue weighted by molar-refractivity contribution is -0.143. The number of hydrogen-bond donors (Lipinski definition) is 1. The van der Waals surface area contributed by atoms with E-state index in [0.717, 1.165) is 10.7 Å². The van der Waals surface area contributed by atoms with E-state index in [0.29, 0.717) is 6.07 Å². The molecule has 2 N–H and O–H groups in total. The van der Waals surface area contributed by atoms with Gasteiger partial charge in [0.15, 0.2) is 0 Å². The van der Waals surface area contributed by atoms with E-state index in [9.17, 15) is 26.3 Å². The van der Waals surface area contributed by atoms with Crippen molar-refractivity contribution in [3.8, 4) is 0 Å². The summed E-state index contributed by atoms with van der Waals surface area (Å²) in [6, 6.07) is 0.622. The molecular formula is C15H17F6N3. The zero-order chi connectivity index (χ0) is 18.7. The van der Waals surface area contributed by atoms with Crippen molar-refractivity contribution in [2.24, 2.45) is 0 Å². The van der Waals surface area contributed by atoms with Crippen molar-refractivity contribution in [1.29, 1.82) is 0 Å². The standard InChI is InChI=1S/C13H11F6N3.C2H6/c1-7(22-6-9(20)5-21-22)10-3-2-8(12(14,15)16)4-11(10)13(17,18)19;1-2/h2-7H,20H2,1H3;1-2H3. The van der Waals surface area contributed by atoms with Gasteiger partial charge in [0.05, 0.1) is 29.1 Å². The highest BCUT2D eigenvalue weighted by molar-refractivity contribution is 5.38. The zero-order valence-electron chi connectivity index (χ0n) is 13.2. The van der Waals surface area contributed by atoms with Gasteiger partial charge < -0.3 is 5.73 Å². The van der Waals surface area contributed by atoms with Crippen LogP contribution in [0.4, 0.5) is 32.0 Å². The highest BCUT2D eigenvalue weighted by atomic mass is 19.4. The van der Waals surface area contributed by atoms with Crippen LogP contribution in [-0.2, 0) is 12.4 Å². The Balaban J connectivity index is 0.00000139. The molecule has 24 heavy (non-hydrogen) atoms. The maximum atomic E-state index is 13.1. The van der Waals surface area contributed by atoms with Gasteiger partial charge in [-0.3, -0.25) is 4.68 Å². The number of anilines is 1. The van der Waals surface area contributed by atoms with Gasteiger partial charge in [0, 0.05) is 6.20 Å². The van der Waals surface area contributed by atoms with Crippen LogP contribution in [0.5, 0.6) is 0 Å². The topological polar surface area (TPSA) is 43.8 Å². The Hall–Kier alpha value is -2.19. The molecule has 3 nitrogen and oxygen atoms in total. The van der Waals surface area contributed by atoms with Crippen LogP contribution < -0.4 is 5.73 Å². The third kappa shape index (κ3) is 4.42. The number of nitrogens with two attached hydrogens (primary N) is 1. The molecule has 0 radical (unpaired) electrons. The lowest BCUT2D eigenvalue weighted by Crippen LogP contribution is -2.17. The number of hydrogen-bond acceptors (Lipinski definition) is 2. The number of nitrogens with zero attached hydrogens (tertiary/aromatic N) is 2. The minimum Gasteiger partial charge on any atom is -0.396 e. The molecule has 0 aliphatic rings. The van der Waals surface area contributed by atoms with Crippen LogP contribution >= 0.6 is 0 Å². The predicted molar refractivity (Wildman–Crippen MR) is 78.2 cm³/mol. The van der Waals surface area contributed by atoms with E-state index in [1.54, 1.807) is 0 Å². The fraction of sp³-hybridized carbons (Fsp3) is 0.400. The van der Waals surface area contributed by atoms with Crippen molar-refractivity contribution < 1.29 is 26.3 Å². The van der Waals surface area contributed by atoms with Gasteiger partial charge in [-0.1, -0.05) is 19.9 Å². The molecular weight excluding hydrogens is 336 g/mol. The van der Waals surface area contributed by atoms with Gasteiger partial charge in [0.1, 0.15) is 0 Å².